The number of hydrogen-bond acceptors (Lipinski definition) is 14. The smallest absolute Gasteiger partial charge is 0.326 e. The van der Waals surface area contributed by atoms with Gasteiger partial charge in [-0.25, -0.2) is 4.79 Å². The van der Waals surface area contributed by atoms with Gasteiger partial charge in [-0.3, -0.25) is 48.1 Å². The molecule has 0 unspecified atom stereocenters. The van der Waals surface area contributed by atoms with E-state index in [9.17, 15) is 58.2 Å². The molecule has 322 valence electrons. The number of rotatable bonds is 28. The van der Waals surface area contributed by atoms with Crippen LogP contribution in [0.4, 0.5) is 0 Å². The van der Waals surface area contributed by atoms with Gasteiger partial charge in [0, 0.05) is 6.54 Å². The zero-order valence-corrected chi connectivity index (χ0v) is 31.5. The van der Waals surface area contributed by atoms with E-state index in [0.29, 0.717) is 12.8 Å². The topological polar surface area (TPSA) is 472 Å². The molecule has 0 saturated carbocycles. The molecule has 0 aromatic carbocycles. The van der Waals surface area contributed by atoms with E-state index in [2.05, 4.69) is 36.9 Å². The van der Waals surface area contributed by atoms with Crippen molar-refractivity contribution in [3.05, 3.63) is 0 Å². The number of nitrogens with two attached hydrogens (primary N) is 6. The molecule has 0 rings (SSSR count). The Labute approximate surface area is 326 Å². The monoisotopic (exact) mass is 817 g/mol. The van der Waals surface area contributed by atoms with Gasteiger partial charge in [0.2, 0.25) is 47.3 Å². The number of nitrogens with one attached hydrogen (secondary N) is 6. The molecule has 0 bridgehead atoms. The summed E-state index contributed by atoms with van der Waals surface area (Å²) in [6.07, 6.45) is -3.44. The van der Waals surface area contributed by atoms with Gasteiger partial charge in [-0.05, 0) is 52.5 Å². The van der Waals surface area contributed by atoms with Crippen molar-refractivity contribution in [2.24, 2.45) is 39.4 Å². The Balaban J connectivity index is 6.17. The number of amides is 8. The molecule has 0 fully saturated rings. The summed E-state index contributed by atoms with van der Waals surface area (Å²) in [6, 6.07) is -11.4. The fraction of sp³-hybridized carbons (Fsp3) is 0.645. The molecule has 0 aromatic heterocycles. The molecule has 0 aliphatic rings. The van der Waals surface area contributed by atoms with Crippen molar-refractivity contribution >= 4 is 65.2 Å². The largest absolute Gasteiger partial charge is 0.481 e. The van der Waals surface area contributed by atoms with Gasteiger partial charge in [0.25, 0.3) is 0 Å². The maximum Gasteiger partial charge on any atom is 0.326 e. The van der Waals surface area contributed by atoms with Gasteiger partial charge < -0.3 is 81.6 Å². The van der Waals surface area contributed by atoms with Gasteiger partial charge in [0.05, 0.1) is 31.4 Å². The molecule has 0 spiro atoms. The summed E-state index contributed by atoms with van der Waals surface area (Å²) in [5.74, 6) is -12.0. The van der Waals surface area contributed by atoms with Crippen molar-refractivity contribution < 1.29 is 63.3 Å². The van der Waals surface area contributed by atoms with E-state index in [1.54, 1.807) is 0 Å². The van der Waals surface area contributed by atoms with Crippen LogP contribution in [0.5, 0.6) is 0 Å². The molecule has 0 aromatic rings. The van der Waals surface area contributed by atoms with Crippen LogP contribution in [0.1, 0.15) is 65.2 Å². The summed E-state index contributed by atoms with van der Waals surface area (Å²) >= 11 is 0. The predicted octanol–water partition coefficient (Wildman–Crippen LogP) is -7.88. The molecular formula is C31H55N13O13. The molecule has 0 aliphatic heterocycles. The van der Waals surface area contributed by atoms with Gasteiger partial charge in [-0.1, -0.05) is 0 Å². The number of nitrogens with zero attached hydrogens (tertiary/aromatic N) is 1. The Morgan fingerprint density at radius 2 is 1.05 bits per heavy atom. The average molecular weight is 818 g/mol. The number of aliphatic hydroxyl groups excluding tert-OH is 1. The third kappa shape index (κ3) is 20.9. The lowest BCUT2D eigenvalue weighted by atomic mass is 10.1. The maximum atomic E-state index is 13.5. The van der Waals surface area contributed by atoms with Crippen LogP contribution in [0.15, 0.2) is 4.99 Å². The van der Waals surface area contributed by atoms with Crippen molar-refractivity contribution in [3.63, 3.8) is 0 Å². The van der Waals surface area contributed by atoms with Gasteiger partial charge in [0.1, 0.15) is 36.3 Å². The average Bonchev–Trinajstić information content (AvgIpc) is 3.09. The molecule has 0 heterocycles. The normalized spacial score (nSPS) is 15.0. The molecule has 0 saturated heterocycles. The lowest BCUT2D eigenvalue weighted by Gasteiger charge is -2.27. The van der Waals surface area contributed by atoms with Crippen LogP contribution in [0.3, 0.4) is 0 Å². The number of carboxylic acids is 2. The minimum absolute atomic E-state index is 0.00862. The van der Waals surface area contributed by atoms with Crippen LogP contribution in [0.25, 0.3) is 0 Å². The minimum atomic E-state index is -1.79. The third-order valence-corrected chi connectivity index (χ3v) is 7.76. The number of hydrogen-bond donors (Lipinski definition) is 15. The second-order valence-corrected chi connectivity index (χ2v) is 12.8. The highest BCUT2D eigenvalue weighted by atomic mass is 16.4. The van der Waals surface area contributed by atoms with E-state index in [1.165, 1.54) is 0 Å². The molecule has 8 amide bonds. The number of carbonyl (C=O) groups is 10. The van der Waals surface area contributed by atoms with Crippen LogP contribution < -0.4 is 66.3 Å². The number of guanidine groups is 1. The van der Waals surface area contributed by atoms with E-state index in [-0.39, 0.29) is 38.3 Å². The van der Waals surface area contributed by atoms with Crippen molar-refractivity contribution in [1.29, 1.82) is 0 Å². The summed E-state index contributed by atoms with van der Waals surface area (Å²) in [6.45, 7) is 2.47. The summed E-state index contributed by atoms with van der Waals surface area (Å²) < 4.78 is 0. The first-order chi connectivity index (χ1) is 26.5. The van der Waals surface area contributed by atoms with E-state index in [4.69, 9.17) is 39.5 Å². The second-order valence-electron chi connectivity index (χ2n) is 12.8. The number of aliphatic hydroxyl groups is 1. The van der Waals surface area contributed by atoms with Crippen LogP contribution >= 0.6 is 0 Å². The number of aliphatic carboxylic acids is 2. The van der Waals surface area contributed by atoms with Crippen molar-refractivity contribution in [3.8, 4) is 0 Å². The zero-order chi connectivity index (χ0) is 44.0. The van der Waals surface area contributed by atoms with Gasteiger partial charge in [-0.15, -0.1) is 0 Å². The minimum Gasteiger partial charge on any atom is -0.481 e. The first-order valence-corrected chi connectivity index (χ1v) is 17.5. The number of carbonyl (C=O) groups excluding carboxylic acids is 8. The lowest BCUT2D eigenvalue weighted by molar-refractivity contribution is -0.143. The summed E-state index contributed by atoms with van der Waals surface area (Å²) in [4.78, 5) is 128. The second kappa shape index (κ2) is 25.8. The van der Waals surface area contributed by atoms with Crippen LogP contribution in [0.2, 0.25) is 0 Å². The Hall–Kier alpha value is -6.15. The first-order valence-electron chi connectivity index (χ1n) is 17.5. The number of primary amides is 2. The molecule has 26 nitrogen and oxygen atoms in total. The van der Waals surface area contributed by atoms with Gasteiger partial charge >= 0.3 is 11.9 Å². The van der Waals surface area contributed by atoms with Crippen molar-refractivity contribution in [1.82, 2.24) is 31.9 Å². The van der Waals surface area contributed by atoms with E-state index in [0.717, 1.165) is 13.8 Å². The first kappa shape index (κ1) is 50.8. The highest BCUT2D eigenvalue weighted by Crippen LogP contribution is 2.07. The number of carboxylic acid groups (broad SMARTS) is 2. The Kier molecular flexibility index (Phi) is 23.1. The maximum absolute atomic E-state index is 13.5. The molecule has 8 atom stereocenters. The standard InChI is InChI=1S/C31H55N13O13/c1-13(39-27(53)18(11-20(34)46)43-25(51)15(33)10-22(48)49)24(50)42-19(12-21(35)47)28(54)40-16(7-5-9-38-31(36)37)26(52)44-23(14(2)45)29(55)41-17(30(56)57)6-3-4-8-32/h13-19,23,45H,3-12,32-33H2,1-2H3,(H2,34,46)(H2,35,47)(H,39,53)(H,40,54)(H,41,55)(H,42,50)(H,43,51)(H,44,52)(H,48,49)(H,56,57)(H4,36,37,38)/t13-,14+,15-,16-,17-,18-,19-,23-/m0/s1. The molecular weight excluding hydrogens is 762 g/mol. The molecule has 0 aliphatic carbocycles. The van der Waals surface area contributed by atoms with Crippen LogP contribution in [-0.4, -0.2) is 142 Å². The van der Waals surface area contributed by atoms with E-state index < -0.39 is 127 Å². The Morgan fingerprint density at radius 1 is 0.579 bits per heavy atom. The number of unbranched alkanes of at least 4 members (excludes halogenated alkanes) is 1. The summed E-state index contributed by atoms with van der Waals surface area (Å²) in [5.41, 5.74) is 32.1. The van der Waals surface area contributed by atoms with Gasteiger partial charge in [0.15, 0.2) is 5.96 Å². The number of aliphatic imine (C=N–C) groups is 1. The SMILES string of the molecule is C[C@H](NC(=O)[C@H](CC(N)=O)NC(=O)[C@@H](N)CC(=O)O)C(=O)N[C@@H](CC(N)=O)C(=O)N[C@@H](CCCN=C(N)N)C(=O)N[C@H](C(=O)N[C@@H](CCCCN)C(=O)O)[C@@H](C)O. The van der Waals surface area contributed by atoms with Crippen molar-refractivity contribution in [2.75, 3.05) is 13.1 Å². The van der Waals surface area contributed by atoms with Crippen molar-refractivity contribution in [2.45, 2.75) is 114 Å². The molecule has 0 radical (unpaired) electrons. The van der Waals surface area contributed by atoms with Gasteiger partial charge in [-0.2, -0.15) is 0 Å². The third-order valence-electron chi connectivity index (χ3n) is 7.76. The summed E-state index contributed by atoms with van der Waals surface area (Å²) in [7, 11) is 0. The fourth-order valence-corrected chi connectivity index (χ4v) is 4.77. The highest BCUT2D eigenvalue weighted by Gasteiger charge is 2.35. The molecule has 26 heteroatoms. The molecule has 57 heavy (non-hydrogen) atoms. The van der Waals surface area contributed by atoms with E-state index in [1.807, 2.05) is 0 Å². The zero-order valence-electron chi connectivity index (χ0n) is 31.5. The highest BCUT2D eigenvalue weighted by molar-refractivity contribution is 5.99. The van der Waals surface area contributed by atoms with E-state index >= 15 is 0 Å². The van der Waals surface area contributed by atoms with Crippen LogP contribution in [0, 0.1) is 0 Å². The lowest BCUT2D eigenvalue weighted by Crippen LogP contribution is -2.61. The quantitative estimate of drug-likeness (QED) is 0.0198. The predicted molar refractivity (Wildman–Crippen MR) is 197 cm³/mol. The summed E-state index contributed by atoms with van der Waals surface area (Å²) in [5, 5.41) is 42.0. The molecule has 21 N–H and O–H groups in total. The Bertz CT molecular complexity index is 1490. The fourth-order valence-electron chi connectivity index (χ4n) is 4.77. The Morgan fingerprint density at radius 3 is 1.53 bits per heavy atom. The van der Waals surface area contributed by atoms with Crippen LogP contribution in [-0.2, 0) is 47.9 Å².